The topological polar surface area (TPSA) is 57.2 Å². The van der Waals surface area contributed by atoms with Crippen LogP contribution in [0.3, 0.4) is 0 Å². The van der Waals surface area contributed by atoms with Gasteiger partial charge in [-0.05, 0) is 18.2 Å². The van der Waals surface area contributed by atoms with Gasteiger partial charge >= 0.3 is 0 Å². The number of benzene rings is 1. The highest BCUT2D eigenvalue weighted by Gasteiger charge is 2.01. The van der Waals surface area contributed by atoms with Gasteiger partial charge in [0.1, 0.15) is 0 Å². The number of fused-ring (bicyclic) bond motifs is 1. The second-order valence-corrected chi connectivity index (χ2v) is 4.28. The normalized spacial score (nSPS) is 11.1. The maximum Gasteiger partial charge on any atom is 0.236 e. The minimum absolute atomic E-state index is 0.183. The molecule has 0 aliphatic carbocycles. The number of halogens is 1. The number of amides is 1. The molecule has 0 atom stereocenters. The summed E-state index contributed by atoms with van der Waals surface area (Å²) in [5.41, 5.74) is 4.34. The molecule has 0 unspecified atom stereocenters. The molecular weight excluding hydrogens is 270 g/mol. The van der Waals surface area contributed by atoms with E-state index in [0.717, 1.165) is 20.9 Å². The molecule has 2 aromatic rings. The van der Waals surface area contributed by atoms with Gasteiger partial charge in [0, 0.05) is 34.1 Å². The van der Waals surface area contributed by atoms with Gasteiger partial charge in [-0.2, -0.15) is 5.10 Å². The van der Waals surface area contributed by atoms with Crippen LogP contribution in [0.1, 0.15) is 12.5 Å². The van der Waals surface area contributed by atoms with Crippen LogP contribution in [0.25, 0.3) is 10.9 Å². The maximum atomic E-state index is 10.6. The Morgan fingerprint density at radius 2 is 2.38 bits per heavy atom. The monoisotopic (exact) mass is 279 g/mol. The molecule has 4 nitrogen and oxygen atoms in total. The molecule has 1 heterocycles. The van der Waals surface area contributed by atoms with E-state index in [1.807, 2.05) is 24.4 Å². The zero-order valence-electron chi connectivity index (χ0n) is 8.62. The standard InChI is InChI=1S/C11H10BrN3O/c1-7(16)15-14-6-8-5-13-11-3-2-9(12)4-10(8)11/h2-6,13H,1H3,(H,15,16)/b14-6+. The first kappa shape index (κ1) is 10.9. The van der Waals surface area contributed by atoms with Crippen LogP contribution < -0.4 is 5.43 Å². The molecule has 0 saturated heterocycles. The maximum absolute atomic E-state index is 10.6. The number of nitrogens with one attached hydrogen (secondary N) is 2. The number of rotatable bonds is 2. The number of aromatic amines is 1. The van der Waals surface area contributed by atoms with E-state index < -0.39 is 0 Å². The summed E-state index contributed by atoms with van der Waals surface area (Å²) in [7, 11) is 0. The van der Waals surface area contributed by atoms with Crippen molar-refractivity contribution in [1.82, 2.24) is 10.4 Å². The van der Waals surface area contributed by atoms with Gasteiger partial charge in [-0.25, -0.2) is 5.43 Å². The van der Waals surface area contributed by atoms with Crippen molar-refractivity contribution < 1.29 is 4.79 Å². The summed E-state index contributed by atoms with van der Waals surface area (Å²) < 4.78 is 1.01. The molecule has 1 amide bonds. The molecule has 5 heteroatoms. The molecule has 2 rings (SSSR count). The van der Waals surface area contributed by atoms with E-state index in [2.05, 4.69) is 31.4 Å². The second kappa shape index (κ2) is 4.49. The van der Waals surface area contributed by atoms with Crippen LogP contribution >= 0.6 is 15.9 Å². The molecule has 0 aliphatic heterocycles. The zero-order chi connectivity index (χ0) is 11.5. The first-order valence-electron chi connectivity index (χ1n) is 4.73. The van der Waals surface area contributed by atoms with Crippen LogP contribution in [0.2, 0.25) is 0 Å². The molecule has 0 aliphatic rings. The lowest BCUT2D eigenvalue weighted by Gasteiger charge is -1.94. The average molecular weight is 280 g/mol. The number of aromatic nitrogens is 1. The van der Waals surface area contributed by atoms with Crippen molar-refractivity contribution in [3.8, 4) is 0 Å². The summed E-state index contributed by atoms with van der Waals surface area (Å²) in [4.78, 5) is 13.8. The molecule has 0 fully saturated rings. The van der Waals surface area contributed by atoms with E-state index in [4.69, 9.17) is 0 Å². The van der Waals surface area contributed by atoms with E-state index in [1.165, 1.54) is 6.92 Å². The van der Waals surface area contributed by atoms with Crippen LogP contribution in [0.5, 0.6) is 0 Å². The fraction of sp³-hybridized carbons (Fsp3) is 0.0909. The smallest absolute Gasteiger partial charge is 0.236 e. The molecule has 0 saturated carbocycles. The Hall–Kier alpha value is -1.62. The highest BCUT2D eigenvalue weighted by molar-refractivity contribution is 9.10. The van der Waals surface area contributed by atoms with Crippen molar-refractivity contribution in [3.05, 3.63) is 34.4 Å². The third kappa shape index (κ3) is 2.30. The number of carbonyl (C=O) groups excluding carboxylic acids is 1. The fourth-order valence-electron chi connectivity index (χ4n) is 1.41. The Labute approximate surface area is 101 Å². The Bertz CT molecular complexity index is 559. The van der Waals surface area contributed by atoms with Crippen molar-refractivity contribution in [2.24, 2.45) is 5.10 Å². The predicted molar refractivity (Wildman–Crippen MR) is 67.4 cm³/mol. The molecule has 0 bridgehead atoms. The number of hydrogen-bond acceptors (Lipinski definition) is 2. The van der Waals surface area contributed by atoms with E-state index in [1.54, 1.807) is 6.21 Å². The summed E-state index contributed by atoms with van der Waals surface area (Å²) in [6.45, 7) is 1.42. The Balaban J connectivity index is 2.34. The van der Waals surface area contributed by atoms with Gasteiger partial charge < -0.3 is 4.98 Å². The van der Waals surface area contributed by atoms with Gasteiger partial charge in [0.05, 0.1) is 6.21 Å². The fourth-order valence-corrected chi connectivity index (χ4v) is 1.78. The van der Waals surface area contributed by atoms with Crippen molar-refractivity contribution in [3.63, 3.8) is 0 Å². The largest absolute Gasteiger partial charge is 0.361 e. The Morgan fingerprint density at radius 3 is 3.12 bits per heavy atom. The van der Waals surface area contributed by atoms with Crippen molar-refractivity contribution in [2.75, 3.05) is 0 Å². The van der Waals surface area contributed by atoms with Crippen LogP contribution in [0, 0.1) is 0 Å². The molecule has 2 N–H and O–H groups in total. The first-order chi connectivity index (χ1) is 7.66. The number of hydrazone groups is 1. The second-order valence-electron chi connectivity index (χ2n) is 3.36. The minimum Gasteiger partial charge on any atom is -0.361 e. The van der Waals surface area contributed by atoms with Gasteiger partial charge in [0.2, 0.25) is 5.91 Å². The quantitative estimate of drug-likeness (QED) is 0.644. The SMILES string of the molecule is CC(=O)N/N=C/c1c[nH]c2ccc(Br)cc12. The molecule has 1 aromatic heterocycles. The molecule has 1 aromatic carbocycles. The Kier molecular flexibility index (Phi) is 3.05. The van der Waals surface area contributed by atoms with Gasteiger partial charge in [-0.15, -0.1) is 0 Å². The van der Waals surface area contributed by atoms with E-state index in [-0.39, 0.29) is 5.91 Å². The summed E-state index contributed by atoms with van der Waals surface area (Å²) in [6, 6.07) is 5.95. The summed E-state index contributed by atoms with van der Waals surface area (Å²) in [5.74, 6) is -0.183. The molecule has 0 spiro atoms. The molecular formula is C11H10BrN3O. The van der Waals surface area contributed by atoms with Gasteiger partial charge in [0.15, 0.2) is 0 Å². The van der Waals surface area contributed by atoms with Crippen LogP contribution in [-0.2, 0) is 4.79 Å². The lowest BCUT2D eigenvalue weighted by molar-refractivity contribution is -0.118. The van der Waals surface area contributed by atoms with Gasteiger partial charge in [0.25, 0.3) is 0 Å². The van der Waals surface area contributed by atoms with E-state index in [0.29, 0.717) is 0 Å². The van der Waals surface area contributed by atoms with Gasteiger partial charge in [-0.3, -0.25) is 4.79 Å². The lowest BCUT2D eigenvalue weighted by atomic mass is 10.2. The highest BCUT2D eigenvalue weighted by atomic mass is 79.9. The van der Waals surface area contributed by atoms with Crippen LogP contribution in [0.15, 0.2) is 34.0 Å². The van der Waals surface area contributed by atoms with Crippen molar-refractivity contribution in [2.45, 2.75) is 6.92 Å². The summed E-state index contributed by atoms with van der Waals surface area (Å²) in [6.07, 6.45) is 3.47. The zero-order valence-corrected chi connectivity index (χ0v) is 10.2. The molecule has 16 heavy (non-hydrogen) atoms. The van der Waals surface area contributed by atoms with Crippen LogP contribution in [0.4, 0.5) is 0 Å². The number of H-pyrrole nitrogens is 1. The van der Waals surface area contributed by atoms with E-state index >= 15 is 0 Å². The van der Waals surface area contributed by atoms with Crippen LogP contribution in [-0.4, -0.2) is 17.1 Å². The van der Waals surface area contributed by atoms with Crippen molar-refractivity contribution >= 4 is 39.0 Å². The number of nitrogens with zero attached hydrogens (tertiary/aromatic N) is 1. The Morgan fingerprint density at radius 1 is 1.56 bits per heavy atom. The molecule has 0 radical (unpaired) electrons. The first-order valence-corrected chi connectivity index (χ1v) is 5.52. The van der Waals surface area contributed by atoms with Gasteiger partial charge in [-0.1, -0.05) is 15.9 Å². The third-order valence-corrected chi connectivity index (χ3v) is 2.59. The van der Waals surface area contributed by atoms with E-state index in [9.17, 15) is 4.79 Å². The summed E-state index contributed by atoms with van der Waals surface area (Å²) in [5, 5.41) is 4.89. The predicted octanol–water partition coefficient (Wildman–Crippen LogP) is 2.40. The lowest BCUT2D eigenvalue weighted by Crippen LogP contribution is -2.12. The summed E-state index contributed by atoms with van der Waals surface area (Å²) >= 11 is 3.41. The molecule has 82 valence electrons. The van der Waals surface area contributed by atoms with Crippen molar-refractivity contribution in [1.29, 1.82) is 0 Å². The number of carbonyl (C=O) groups is 1. The average Bonchev–Trinajstić information content (AvgIpc) is 2.60. The minimum atomic E-state index is -0.183. The third-order valence-electron chi connectivity index (χ3n) is 2.10. The number of hydrogen-bond donors (Lipinski definition) is 2. The highest BCUT2D eigenvalue weighted by Crippen LogP contribution is 2.21.